The molecule has 1 amide bonds. The second-order valence-corrected chi connectivity index (χ2v) is 5.53. The van der Waals surface area contributed by atoms with Crippen LogP contribution in [0.3, 0.4) is 0 Å². The summed E-state index contributed by atoms with van der Waals surface area (Å²) in [5, 5.41) is 2.78. The third-order valence-corrected chi connectivity index (χ3v) is 3.76. The molecular formula is C15H19N3O2S. The third kappa shape index (κ3) is 4.09. The van der Waals surface area contributed by atoms with Crippen molar-refractivity contribution >= 4 is 23.4 Å². The highest BCUT2D eigenvalue weighted by atomic mass is 32.2. The Hall–Kier alpha value is -1.79. The predicted molar refractivity (Wildman–Crippen MR) is 84.5 cm³/mol. The topological polar surface area (TPSA) is 81.1 Å². The second-order valence-electron chi connectivity index (χ2n) is 4.65. The number of nitrogens with one attached hydrogen (secondary N) is 1. The average Bonchev–Trinajstić information content (AvgIpc) is 2.98. The van der Waals surface area contributed by atoms with E-state index in [0.29, 0.717) is 5.89 Å². The van der Waals surface area contributed by atoms with Crippen molar-refractivity contribution in [1.82, 2.24) is 4.98 Å². The molecule has 3 N–H and O–H groups in total. The molecule has 0 aliphatic carbocycles. The van der Waals surface area contributed by atoms with Gasteiger partial charge in [-0.05, 0) is 36.9 Å². The van der Waals surface area contributed by atoms with E-state index in [9.17, 15) is 4.79 Å². The summed E-state index contributed by atoms with van der Waals surface area (Å²) in [7, 11) is 0. The summed E-state index contributed by atoms with van der Waals surface area (Å²) in [6.45, 7) is 2.04. The lowest BCUT2D eigenvalue weighted by molar-refractivity contribution is 0.102. The van der Waals surface area contributed by atoms with Gasteiger partial charge < -0.3 is 15.5 Å². The monoisotopic (exact) mass is 305 g/mol. The maximum absolute atomic E-state index is 12.1. The number of amides is 1. The molecule has 1 atom stereocenters. The molecule has 2 aromatic rings. The number of anilines is 1. The molecule has 0 radical (unpaired) electrons. The van der Waals surface area contributed by atoms with E-state index in [1.807, 2.05) is 37.4 Å². The van der Waals surface area contributed by atoms with Crippen LogP contribution in [0.25, 0.3) is 0 Å². The predicted octanol–water partition coefficient (Wildman–Crippen LogP) is 3.45. The van der Waals surface area contributed by atoms with Crippen LogP contribution < -0.4 is 11.1 Å². The molecule has 21 heavy (non-hydrogen) atoms. The largest absolute Gasteiger partial charge is 0.446 e. The zero-order chi connectivity index (χ0) is 15.2. The molecule has 0 aliphatic heterocycles. The van der Waals surface area contributed by atoms with Gasteiger partial charge in [-0.25, -0.2) is 4.98 Å². The maximum atomic E-state index is 12.1. The number of carbonyl (C=O) groups excluding carboxylic acids is 1. The summed E-state index contributed by atoms with van der Waals surface area (Å²) in [6, 6.07) is 7.34. The number of hydrogen-bond acceptors (Lipinski definition) is 5. The van der Waals surface area contributed by atoms with Gasteiger partial charge in [-0.2, -0.15) is 0 Å². The molecule has 0 aliphatic rings. The number of aromatic nitrogens is 1. The van der Waals surface area contributed by atoms with Gasteiger partial charge in [0.25, 0.3) is 5.91 Å². The number of nitrogens with zero attached hydrogens (tertiary/aromatic N) is 1. The molecule has 0 spiro atoms. The first kappa shape index (κ1) is 15.6. The van der Waals surface area contributed by atoms with Crippen molar-refractivity contribution in [2.75, 3.05) is 11.6 Å². The van der Waals surface area contributed by atoms with Gasteiger partial charge in [-0.3, -0.25) is 4.79 Å². The first-order chi connectivity index (χ1) is 10.1. The molecule has 0 bridgehead atoms. The van der Waals surface area contributed by atoms with E-state index in [-0.39, 0.29) is 17.6 Å². The number of nitrogens with two attached hydrogens (primary N) is 1. The highest BCUT2D eigenvalue weighted by Gasteiger charge is 2.16. The van der Waals surface area contributed by atoms with Gasteiger partial charge in [-0.1, -0.05) is 13.3 Å². The quantitative estimate of drug-likeness (QED) is 0.799. The maximum Gasteiger partial charge on any atom is 0.277 e. The van der Waals surface area contributed by atoms with Crippen LogP contribution in [0.1, 0.15) is 42.2 Å². The Morgan fingerprint density at radius 2 is 2.14 bits per heavy atom. The normalized spacial score (nSPS) is 12.1. The number of carbonyl (C=O) groups is 1. The lowest BCUT2D eigenvalue weighted by atomic mass is 10.2. The Bertz CT molecular complexity index is 595. The Balaban J connectivity index is 2.02. The van der Waals surface area contributed by atoms with Gasteiger partial charge in [-0.15, -0.1) is 11.8 Å². The molecule has 1 heterocycles. The highest BCUT2D eigenvalue weighted by Crippen LogP contribution is 2.19. The Morgan fingerprint density at radius 1 is 1.43 bits per heavy atom. The van der Waals surface area contributed by atoms with Crippen LogP contribution in [-0.2, 0) is 0 Å². The van der Waals surface area contributed by atoms with Gasteiger partial charge in [0.2, 0.25) is 5.89 Å². The molecule has 1 aromatic heterocycles. The number of hydrogen-bond donors (Lipinski definition) is 2. The molecule has 112 valence electrons. The van der Waals surface area contributed by atoms with E-state index in [0.717, 1.165) is 23.4 Å². The van der Waals surface area contributed by atoms with Crippen LogP contribution in [0.5, 0.6) is 0 Å². The molecule has 1 unspecified atom stereocenters. The van der Waals surface area contributed by atoms with Crippen molar-refractivity contribution in [2.24, 2.45) is 5.73 Å². The summed E-state index contributed by atoms with van der Waals surface area (Å²) in [5.41, 5.74) is 6.88. The van der Waals surface area contributed by atoms with Gasteiger partial charge in [0.1, 0.15) is 6.26 Å². The van der Waals surface area contributed by atoms with Crippen LogP contribution in [0.2, 0.25) is 0 Å². The summed E-state index contributed by atoms with van der Waals surface area (Å²) >= 11 is 1.65. The minimum absolute atomic E-state index is 0.241. The van der Waals surface area contributed by atoms with Crippen LogP contribution in [-0.4, -0.2) is 17.1 Å². The molecule has 2 rings (SSSR count). The second kappa shape index (κ2) is 7.28. The lowest BCUT2D eigenvalue weighted by Gasteiger charge is -2.04. The van der Waals surface area contributed by atoms with Crippen molar-refractivity contribution < 1.29 is 9.21 Å². The summed E-state index contributed by atoms with van der Waals surface area (Å²) in [4.78, 5) is 17.4. The fourth-order valence-corrected chi connectivity index (χ4v) is 2.27. The van der Waals surface area contributed by atoms with E-state index >= 15 is 0 Å². The molecule has 6 heteroatoms. The van der Waals surface area contributed by atoms with Crippen molar-refractivity contribution in [2.45, 2.75) is 30.7 Å². The van der Waals surface area contributed by atoms with Gasteiger partial charge in [0.15, 0.2) is 5.69 Å². The van der Waals surface area contributed by atoms with Crippen LogP contribution in [0, 0.1) is 0 Å². The lowest BCUT2D eigenvalue weighted by Crippen LogP contribution is -2.14. The highest BCUT2D eigenvalue weighted by molar-refractivity contribution is 7.98. The average molecular weight is 305 g/mol. The van der Waals surface area contributed by atoms with Crippen molar-refractivity contribution in [3.63, 3.8) is 0 Å². The van der Waals surface area contributed by atoms with Crippen molar-refractivity contribution in [3.05, 3.63) is 42.1 Å². The van der Waals surface area contributed by atoms with Gasteiger partial charge in [0, 0.05) is 10.6 Å². The summed E-state index contributed by atoms with van der Waals surface area (Å²) in [6.07, 6.45) is 5.06. The van der Waals surface area contributed by atoms with E-state index < -0.39 is 0 Å². The standard InChI is InChI=1S/C15H19N3O2S/c1-3-4-12(16)15-18-13(9-20-15)14(19)17-10-5-7-11(21-2)8-6-10/h5-9,12H,3-4,16H2,1-2H3,(H,17,19). The Morgan fingerprint density at radius 3 is 2.76 bits per heavy atom. The number of benzene rings is 1. The van der Waals surface area contributed by atoms with E-state index in [1.165, 1.54) is 6.26 Å². The molecule has 0 saturated heterocycles. The van der Waals surface area contributed by atoms with E-state index in [1.54, 1.807) is 11.8 Å². The molecule has 1 aromatic carbocycles. The zero-order valence-corrected chi connectivity index (χ0v) is 12.9. The third-order valence-electron chi connectivity index (χ3n) is 3.02. The van der Waals surface area contributed by atoms with Crippen LogP contribution in [0.4, 0.5) is 5.69 Å². The van der Waals surface area contributed by atoms with Gasteiger partial charge >= 0.3 is 0 Å². The molecule has 5 nitrogen and oxygen atoms in total. The fourth-order valence-electron chi connectivity index (χ4n) is 1.87. The van der Waals surface area contributed by atoms with Gasteiger partial charge in [0.05, 0.1) is 6.04 Å². The summed E-state index contributed by atoms with van der Waals surface area (Å²) < 4.78 is 5.27. The SMILES string of the molecule is CCCC(N)c1nc(C(=O)Nc2ccc(SC)cc2)co1. The molecular weight excluding hydrogens is 286 g/mol. The first-order valence-corrected chi connectivity index (χ1v) is 8.03. The number of rotatable bonds is 6. The van der Waals surface area contributed by atoms with E-state index in [4.69, 9.17) is 10.2 Å². The fraction of sp³-hybridized carbons (Fsp3) is 0.333. The van der Waals surface area contributed by atoms with E-state index in [2.05, 4.69) is 10.3 Å². The number of oxazole rings is 1. The van der Waals surface area contributed by atoms with Crippen molar-refractivity contribution in [1.29, 1.82) is 0 Å². The Labute approximate surface area is 128 Å². The minimum Gasteiger partial charge on any atom is -0.446 e. The zero-order valence-electron chi connectivity index (χ0n) is 12.1. The smallest absolute Gasteiger partial charge is 0.277 e. The minimum atomic E-state index is -0.300. The summed E-state index contributed by atoms with van der Waals surface area (Å²) in [5.74, 6) is 0.102. The Kier molecular flexibility index (Phi) is 5.41. The van der Waals surface area contributed by atoms with Crippen LogP contribution in [0.15, 0.2) is 39.8 Å². The van der Waals surface area contributed by atoms with Crippen LogP contribution >= 0.6 is 11.8 Å². The number of thioether (sulfide) groups is 1. The first-order valence-electron chi connectivity index (χ1n) is 6.80. The van der Waals surface area contributed by atoms with Crippen molar-refractivity contribution in [3.8, 4) is 0 Å². The molecule has 0 fully saturated rings. The molecule has 0 saturated carbocycles.